The van der Waals surface area contributed by atoms with Gasteiger partial charge >= 0.3 is 102 Å². The van der Waals surface area contributed by atoms with Crippen LogP contribution in [0.2, 0.25) is 9.26 Å². The maximum absolute atomic E-state index is 2.73. The van der Waals surface area contributed by atoms with Crippen molar-refractivity contribution in [2.45, 2.75) is 36.0 Å². The van der Waals surface area contributed by atoms with Gasteiger partial charge in [-0.2, -0.15) is 0 Å². The second kappa shape index (κ2) is 3.78. The fourth-order valence-electron chi connectivity index (χ4n) is 2.96. The minimum absolute atomic E-state index is 1.21. The van der Waals surface area contributed by atoms with Crippen LogP contribution in [-0.2, 0) is 17.4 Å². The van der Waals surface area contributed by atoms with Gasteiger partial charge in [-0.05, 0) is 0 Å². The van der Waals surface area contributed by atoms with E-state index < -0.39 is 17.4 Å². The number of hydrogen-bond acceptors (Lipinski definition) is 0. The molecule has 0 spiro atoms. The summed E-state index contributed by atoms with van der Waals surface area (Å²) in [6, 6.07) is 0. The number of rotatable bonds is 2. The van der Waals surface area contributed by atoms with Gasteiger partial charge in [0.25, 0.3) is 0 Å². The van der Waals surface area contributed by atoms with E-state index in [-0.39, 0.29) is 0 Å². The Bertz CT molecular complexity index is 521. The molecule has 2 heteroatoms. The van der Waals surface area contributed by atoms with Gasteiger partial charge < -0.3 is 0 Å². The van der Waals surface area contributed by atoms with Crippen molar-refractivity contribution in [2.24, 2.45) is 0 Å². The van der Waals surface area contributed by atoms with Crippen molar-refractivity contribution in [1.29, 1.82) is 0 Å². The van der Waals surface area contributed by atoms with Crippen LogP contribution in [0.4, 0.5) is 0 Å². The van der Waals surface area contributed by atoms with E-state index in [9.17, 15) is 0 Å². The molecule has 0 N–H and O–H groups in total. The summed E-state index contributed by atoms with van der Waals surface area (Å²) < 4.78 is 8.78. The van der Waals surface area contributed by atoms with Crippen LogP contribution < -0.4 is 0 Å². The van der Waals surface area contributed by atoms with Crippen LogP contribution in [0.3, 0.4) is 0 Å². The molecule has 0 heterocycles. The molecule has 2 rings (SSSR count). The van der Waals surface area contributed by atoms with Gasteiger partial charge in [0, 0.05) is 0 Å². The Labute approximate surface area is 102 Å². The van der Waals surface area contributed by atoms with E-state index in [0.717, 1.165) is 0 Å². The predicted molar refractivity (Wildman–Crippen MR) is 73.2 cm³/mol. The van der Waals surface area contributed by atoms with E-state index >= 15 is 0 Å². The zero-order valence-electron chi connectivity index (χ0n) is 10.9. The van der Waals surface area contributed by atoms with E-state index in [1.807, 2.05) is 3.28 Å². The molecule has 0 aliphatic heterocycles. The summed E-state index contributed by atoms with van der Waals surface area (Å²) in [6.45, 7) is 6.93. The predicted octanol–water partition coefficient (Wildman–Crippen LogP) is 3.79. The molecule has 0 bridgehead atoms. The number of hydrogen-bond donors (Lipinski definition) is 0. The molecular formula is C14H22SiZr. The second-order valence-corrected chi connectivity index (χ2v) is 35.0. The summed E-state index contributed by atoms with van der Waals surface area (Å²) in [4.78, 5) is 0. The average Bonchev–Trinajstić information content (AvgIpc) is 2.77. The molecule has 0 aromatic heterocycles. The Kier molecular flexibility index (Phi) is 2.96. The first-order valence-corrected chi connectivity index (χ1v) is 19.4. The summed E-state index contributed by atoms with van der Waals surface area (Å²) >= 11 is -2.73. The molecule has 0 aromatic rings. The van der Waals surface area contributed by atoms with Crippen molar-refractivity contribution in [3.63, 3.8) is 0 Å². The minimum atomic E-state index is -2.73. The molecular weight excluding hydrogens is 287 g/mol. The number of allylic oxidation sites excluding steroid dienone is 8. The third-order valence-corrected chi connectivity index (χ3v) is 21.8. The first-order chi connectivity index (χ1) is 7.31. The molecule has 0 aromatic carbocycles. The Morgan fingerprint density at radius 3 is 2.31 bits per heavy atom. The monoisotopic (exact) mass is 308 g/mol. The van der Waals surface area contributed by atoms with Crippen LogP contribution in [0.25, 0.3) is 0 Å². The topological polar surface area (TPSA) is 0 Å². The molecule has 16 heavy (non-hydrogen) atoms. The molecule has 0 radical (unpaired) electrons. The second-order valence-electron chi connectivity index (χ2n) is 6.20. The van der Waals surface area contributed by atoms with Gasteiger partial charge in [0.05, 0.1) is 0 Å². The Hall–Kier alpha value is 0.0600. The molecule has 2 aliphatic carbocycles. The fourth-order valence-corrected chi connectivity index (χ4v) is 16.6. The SMILES string of the molecule is CC1=CC[C]([Zr]([CH3])([CH3])(=[SiH2])[C]2=CC=CC2)=C1C. The first-order valence-electron chi connectivity index (χ1n) is 6.12. The Morgan fingerprint density at radius 1 is 1.19 bits per heavy atom. The van der Waals surface area contributed by atoms with Crippen molar-refractivity contribution >= 4 is 6.88 Å². The van der Waals surface area contributed by atoms with Gasteiger partial charge in [-0.3, -0.25) is 0 Å². The fraction of sp³-hybridized carbons (Fsp3) is 0.429. The van der Waals surface area contributed by atoms with Crippen molar-refractivity contribution in [3.8, 4) is 0 Å². The molecule has 0 unspecified atom stereocenters. The summed E-state index contributed by atoms with van der Waals surface area (Å²) in [5.74, 6) is 0. The molecule has 0 atom stereocenters. The maximum atomic E-state index is 2.60. The Morgan fingerprint density at radius 2 is 1.88 bits per heavy atom. The molecule has 0 saturated heterocycles. The summed E-state index contributed by atoms with van der Waals surface area (Å²) in [7, 11) is 0. The molecule has 2 aliphatic rings. The van der Waals surface area contributed by atoms with Crippen molar-refractivity contribution in [2.75, 3.05) is 0 Å². The van der Waals surface area contributed by atoms with Crippen LogP contribution in [-0.4, -0.2) is 6.88 Å². The van der Waals surface area contributed by atoms with Crippen LogP contribution in [0.15, 0.2) is 42.0 Å². The zero-order valence-corrected chi connectivity index (χ0v) is 14.8. The molecule has 0 saturated carbocycles. The first kappa shape index (κ1) is 12.5. The quantitative estimate of drug-likeness (QED) is 0.681. The Balaban J connectivity index is 2.52. The van der Waals surface area contributed by atoms with Gasteiger partial charge in [-0.1, -0.05) is 0 Å². The molecule has 0 nitrogen and oxygen atoms in total. The van der Waals surface area contributed by atoms with Gasteiger partial charge in [0.2, 0.25) is 0 Å². The van der Waals surface area contributed by atoms with Crippen LogP contribution >= 0.6 is 0 Å². The molecule has 86 valence electrons. The summed E-state index contributed by atoms with van der Waals surface area (Å²) in [5, 5.41) is 0. The molecule has 0 fully saturated rings. The van der Waals surface area contributed by atoms with E-state index in [0.29, 0.717) is 0 Å². The standard InChI is InChI=1S/C7H9.C5H5.2CH3.H2Si.Zr/c1-6-4-3-5-7(6)2;1-2-4-5-3-1;;;;/h4H,3H2,1-2H3;1-3H,4H2;2*1H3;1H2;. The summed E-state index contributed by atoms with van der Waals surface area (Å²) in [5.41, 5.74) is 3.11. The van der Waals surface area contributed by atoms with Crippen LogP contribution in [0, 0.1) is 0 Å². The van der Waals surface area contributed by atoms with Gasteiger partial charge in [-0.15, -0.1) is 0 Å². The van der Waals surface area contributed by atoms with E-state index in [2.05, 4.69) is 54.3 Å². The third-order valence-electron chi connectivity index (χ3n) is 4.43. The van der Waals surface area contributed by atoms with E-state index in [4.69, 9.17) is 0 Å². The van der Waals surface area contributed by atoms with Gasteiger partial charge in [0.1, 0.15) is 0 Å². The van der Waals surface area contributed by atoms with E-state index in [1.165, 1.54) is 18.4 Å². The van der Waals surface area contributed by atoms with Crippen LogP contribution in [0.1, 0.15) is 26.7 Å². The summed E-state index contributed by atoms with van der Waals surface area (Å²) in [6.07, 6.45) is 11.8. The average molecular weight is 310 g/mol. The van der Waals surface area contributed by atoms with E-state index in [1.54, 1.807) is 8.85 Å². The van der Waals surface area contributed by atoms with Crippen molar-refractivity contribution in [1.82, 2.24) is 0 Å². The van der Waals surface area contributed by atoms with Crippen molar-refractivity contribution in [3.05, 3.63) is 42.0 Å². The van der Waals surface area contributed by atoms with Gasteiger partial charge in [0.15, 0.2) is 0 Å². The third kappa shape index (κ3) is 1.84. The van der Waals surface area contributed by atoms with Gasteiger partial charge in [-0.25, -0.2) is 0 Å². The van der Waals surface area contributed by atoms with Crippen LogP contribution in [0.5, 0.6) is 0 Å². The normalized spacial score (nSPS) is 21.6. The van der Waals surface area contributed by atoms with Crippen molar-refractivity contribution < 1.29 is 17.4 Å². The molecule has 0 amide bonds. The zero-order chi connectivity index (χ0) is 12.0.